The van der Waals surface area contributed by atoms with Crippen molar-refractivity contribution in [3.8, 4) is 0 Å². The van der Waals surface area contributed by atoms with Gasteiger partial charge in [0.2, 0.25) is 5.91 Å². The molecule has 1 aliphatic carbocycles. The van der Waals surface area contributed by atoms with Crippen molar-refractivity contribution in [3.05, 3.63) is 65.3 Å². The maximum absolute atomic E-state index is 12.7. The zero-order valence-corrected chi connectivity index (χ0v) is 16.6. The van der Waals surface area contributed by atoms with E-state index in [2.05, 4.69) is 5.32 Å². The Morgan fingerprint density at radius 2 is 1.86 bits per heavy atom. The highest BCUT2D eigenvalue weighted by Gasteiger charge is 2.13. The average molecular weight is 380 g/mol. The number of carbonyl (C=O) groups excluding carboxylic acids is 2. The van der Waals surface area contributed by atoms with Crippen molar-refractivity contribution in [2.75, 3.05) is 6.54 Å². The van der Waals surface area contributed by atoms with Gasteiger partial charge in [0.05, 0.1) is 6.04 Å². The maximum atomic E-state index is 12.7. The summed E-state index contributed by atoms with van der Waals surface area (Å²) in [7, 11) is 0. The molecule has 0 spiro atoms. The minimum atomic E-state index is -0.107. The van der Waals surface area contributed by atoms with Gasteiger partial charge in [-0.1, -0.05) is 37.5 Å². The van der Waals surface area contributed by atoms with Crippen molar-refractivity contribution >= 4 is 11.8 Å². The second-order valence-electron chi connectivity index (χ2n) is 7.47. The lowest BCUT2D eigenvalue weighted by molar-refractivity contribution is 0.0884. The van der Waals surface area contributed by atoms with Gasteiger partial charge in [0.25, 0.3) is 5.91 Å². The van der Waals surface area contributed by atoms with Gasteiger partial charge in [-0.2, -0.15) is 0 Å². The molecule has 0 bridgehead atoms. The lowest BCUT2D eigenvalue weighted by atomic mass is 9.96. The topological polar surface area (TPSA) is 63.5 Å². The zero-order valence-electron chi connectivity index (χ0n) is 16.6. The molecular formula is C23H29N3O2. The fourth-order valence-corrected chi connectivity index (χ4v) is 3.55. The summed E-state index contributed by atoms with van der Waals surface area (Å²) >= 11 is 0. The lowest BCUT2D eigenvalue weighted by Gasteiger charge is -2.18. The summed E-state index contributed by atoms with van der Waals surface area (Å²) in [6.45, 7) is 2.49. The van der Waals surface area contributed by atoms with Gasteiger partial charge in [0.15, 0.2) is 0 Å². The Hall–Kier alpha value is -2.69. The Balaban J connectivity index is 1.58. The molecule has 1 fully saturated rings. The van der Waals surface area contributed by atoms with Crippen LogP contribution in [0.1, 0.15) is 65.7 Å². The predicted molar refractivity (Wildman–Crippen MR) is 110 cm³/mol. The van der Waals surface area contributed by atoms with Gasteiger partial charge in [-0.3, -0.25) is 19.1 Å². The fourth-order valence-electron chi connectivity index (χ4n) is 3.55. The Morgan fingerprint density at radius 3 is 2.61 bits per heavy atom. The second-order valence-corrected chi connectivity index (χ2v) is 7.47. The number of pyridine rings is 1. The van der Waals surface area contributed by atoms with Crippen molar-refractivity contribution in [2.24, 2.45) is 4.99 Å². The standard InChI is InChI=1S/C23H29N3O2/c1-18-14-16-26(21(17-18)25-20-11-6-3-7-12-20)22(27)13-8-15-24-23(28)19-9-4-2-5-10-19/h2,4-5,9-10,14,16-17,20H,3,6-8,11-13,15H2,1H3,(H,24,28). The molecule has 28 heavy (non-hydrogen) atoms. The smallest absolute Gasteiger partial charge is 0.251 e. The van der Waals surface area contributed by atoms with Gasteiger partial charge in [-0.15, -0.1) is 0 Å². The Labute approximate surface area is 166 Å². The van der Waals surface area contributed by atoms with E-state index in [4.69, 9.17) is 4.99 Å². The number of nitrogens with zero attached hydrogens (tertiary/aromatic N) is 2. The third kappa shape index (κ3) is 5.65. The van der Waals surface area contributed by atoms with Gasteiger partial charge in [0, 0.05) is 24.7 Å². The van der Waals surface area contributed by atoms with Gasteiger partial charge in [-0.05, 0) is 56.0 Å². The normalized spacial score (nSPS) is 15.4. The molecule has 3 rings (SSSR count). The summed E-state index contributed by atoms with van der Waals surface area (Å²) in [5.41, 5.74) is 2.49. The van der Waals surface area contributed by atoms with Crippen LogP contribution in [0.15, 0.2) is 53.7 Å². The van der Waals surface area contributed by atoms with E-state index in [0.717, 1.165) is 23.9 Å². The van der Waals surface area contributed by atoms with E-state index in [9.17, 15) is 9.59 Å². The van der Waals surface area contributed by atoms with Crippen LogP contribution in [0, 0.1) is 6.92 Å². The van der Waals surface area contributed by atoms with Crippen LogP contribution in [0.25, 0.3) is 0 Å². The quantitative estimate of drug-likeness (QED) is 0.774. The second kappa shape index (κ2) is 10.0. The minimum Gasteiger partial charge on any atom is -0.352 e. The van der Waals surface area contributed by atoms with E-state index in [1.54, 1.807) is 16.7 Å². The number of amides is 1. The Morgan fingerprint density at radius 1 is 1.11 bits per heavy atom. The van der Waals surface area contributed by atoms with Gasteiger partial charge >= 0.3 is 0 Å². The molecule has 0 saturated heterocycles. The minimum absolute atomic E-state index is 0.0171. The van der Waals surface area contributed by atoms with Crippen LogP contribution >= 0.6 is 0 Å². The first kappa shape index (κ1) is 20.1. The number of rotatable bonds is 6. The largest absolute Gasteiger partial charge is 0.352 e. The van der Waals surface area contributed by atoms with E-state index in [1.165, 1.54) is 19.3 Å². The van der Waals surface area contributed by atoms with Crippen LogP contribution in [0.3, 0.4) is 0 Å². The first-order chi connectivity index (χ1) is 13.6. The molecule has 0 radical (unpaired) electrons. The zero-order chi connectivity index (χ0) is 19.8. The molecular weight excluding hydrogens is 350 g/mol. The van der Waals surface area contributed by atoms with Crippen molar-refractivity contribution in [1.29, 1.82) is 0 Å². The van der Waals surface area contributed by atoms with Crippen molar-refractivity contribution in [2.45, 2.75) is 57.9 Å². The average Bonchev–Trinajstić information content (AvgIpc) is 2.72. The third-order valence-electron chi connectivity index (χ3n) is 5.14. The first-order valence-electron chi connectivity index (χ1n) is 10.2. The fraction of sp³-hybridized carbons (Fsp3) is 0.435. The monoisotopic (exact) mass is 379 g/mol. The van der Waals surface area contributed by atoms with E-state index in [0.29, 0.717) is 31.0 Å². The van der Waals surface area contributed by atoms with Crippen molar-refractivity contribution in [3.63, 3.8) is 0 Å². The summed E-state index contributed by atoms with van der Waals surface area (Å²) in [6, 6.07) is 13.4. The molecule has 1 heterocycles. The maximum Gasteiger partial charge on any atom is 0.251 e. The number of hydrogen-bond donors (Lipinski definition) is 1. The molecule has 1 saturated carbocycles. The summed E-state index contributed by atoms with van der Waals surface area (Å²) in [6.07, 6.45) is 8.72. The summed E-state index contributed by atoms with van der Waals surface area (Å²) in [5.74, 6) is -0.0902. The molecule has 0 aliphatic heterocycles. The molecule has 1 N–H and O–H groups in total. The summed E-state index contributed by atoms with van der Waals surface area (Å²) in [5, 5.41) is 2.87. The number of aromatic nitrogens is 1. The van der Waals surface area contributed by atoms with Gasteiger partial charge in [-0.25, -0.2) is 0 Å². The number of benzene rings is 1. The highest BCUT2D eigenvalue weighted by molar-refractivity contribution is 5.94. The number of hydrogen-bond acceptors (Lipinski definition) is 3. The SMILES string of the molecule is Cc1ccn(C(=O)CCCNC(=O)c2ccccc2)c(=NC2CCCCC2)c1. The van der Waals surface area contributed by atoms with Crippen LogP contribution in [0.5, 0.6) is 0 Å². The number of nitrogens with one attached hydrogen (secondary N) is 1. The molecule has 1 aromatic heterocycles. The molecule has 1 aromatic carbocycles. The van der Waals surface area contributed by atoms with Gasteiger partial charge in [0.1, 0.15) is 5.49 Å². The van der Waals surface area contributed by atoms with E-state index in [-0.39, 0.29) is 11.8 Å². The highest BCUT2D eigenvalue weighted by atomic mass is 16.2. The van der Waals surface area contributed by atoms with Crippen LogP contribution in [0.4, 0.5) is 0 Å². The summed E-state index contributed by atoms with van der Waals surface area (Å²) < 4.78 is 1.67. The van der Waals surface area contributed by atoms with Crippen LogP contribution in [-0.2, 0) is 0 Å². The number of carbonyl (C=O) groups is 2. The third-order valence-corrected chi connectivity index (χ3v) is 5.14. The van der Waals surface area contributed by atoms with Crippen LogP contribution < -0.4 is 10.8 Å². The molecule has 5 nitrogen and oxygen atoms in total. The molecule has 0 atom stereocenters. The van der Waals surface area contributed by atoms with Crippen molar-refractivity contribution < 1.29 is 9.59 Å². The molecule has 1 aliphatic rings. The van der Waals surface area contributed by atoms with E-state index < -0.39 is 0 Å². The van der Waals surface area contributed by atoms with Gasteiger partial charge < -0.3 is 5.32 Å². The molecule has 148 valence electrons. The molecule has 1 amide bonds. The van der Waals surface area contributed by atoms with Crippen molar-refractivity contribution in [1.82, 2.24) is 9.88 Å². The van der Waals surface area contributed by atoms with Crippen LogP contribution in [-0.4, -0.2) is 29.0 Å². The number of aryl methyl sites for hydroxylation is 1. The molecule has 5 heteroatoms. The Bertz CT molecular complexity index is 865. The molecule has 2 aromatic rings. The first-order valence-corrected chi connectivity index (χ1v) is 10.2. The van der Waals surface area contributed by atoms with E-state index >= 15 is 0 Å². The predicted octanol–water partition coefficient (Wildman–Crippen LogP) is 3.88. The van der Waals surface area contributed by atoms with Crippen LogP contribution in [0.2, 0.25) is 0 Å². The highest BCUT2D eigenvalue weighted by Crippen LogP contribution is 2.19. The summed E-state index contributed by atoms with van der Waals surface area (Å²) in [4.78, 5) is 29.6. The molecule has 0 unspecified atom stereocenters. The lowest BCUT2D eigenvalue weighted by Crippen LogP contribution is -2.30. The Kier molecular flexibility index (Phi) is 7.18. The van der Waals surface area contributed by atoms with E-state index in [1.807, 2.05) is 43.5 Å².